The van der Waals surface area contributed by atoms with Crippen LogP contribution in [-0.4, -0.2) is 37.2 Å². The topological polar surface area (TPSA) is 80.4 Å². The van der Waals surface area contributed by atoms with Crippen molar-refractivity contribution in [3.8, 4) is 0 Å². The van der Waals surface area contributed by atoms with Gasteiger partial charge in [0.15, 0.2) is 9.84 Å². The van der Waals surface area contributed by atoms with Crippen LogP contribution in [0.15, 0.2) is 0 Å². The van der Waals surface area contributed by atoms with Crippen LogP contribution in [-0.2, 0) is 9.84 Å². The molecule has 5 heteroatoms. The van der Waals surface area contributed by atoms with Crippen molar-refractivity contribution in [3.05, 3.63) is 0 Å². The van der Waals surface area contributed by atoms with Gasteiger partial charge in [-0.3, -0.25) is 0 Å². The number of nitrogens with two attached hydrogens (primary N) is 1. The molecule has 0 saturated carbocycles. The van der Waals surface area contributed by atoms with E-state index in [2.05, 4.69) is 0 Å². The third-order valence-electron chi connectivity index (χ3n) is 1.69. The summed E-state index contributed by atoms with van der Waals surface area (Å²) < 4.78 is 21.6. The zero-order chi connectivity index (χ0) is 9.12. The van der Waals surface area contributed by atoms with E-state index in [0.29, 0.717) is 0 Å². The number of hydrogen-bond acceptors (Lipinski definition) is 4. The van der Waals surface area contributed by atoms with Crippen molar-refractivity contribution in [2.45, 2.75) is 18.6 Å². The second kappa shape index (κ2) is 3.51. The second-order valence-electron chi connectivity index (χ2n) is 3.01. The minimum absolute atomic E-state index is 0.0787. The van der Waals surface area contributed by atoms with Gasteiger partial charge in [-0.1, -0.05) is 0 Å². The minimum Gasteiger partial charge on any atom is -0.395 e. The fourth-order valence-corrected chi connectivity index (χ4v) is 1.57. The van der Waals surface area contributed by atoms with E-state index in [-0.39, 0.29) is 18.9 Å². The monoisotopic (exact) mass is 181 g/mol. The fraction of sp³-hybridized carbons (Fsp3) is 1.00. The fourth-order valence-electron chi connectivity index (χ4n) is 0.523. The average molecular weight is 181 g/mol. The Bertz CT molecular complexity index is 208. The van der Waals surface area contributed by atoms with Gasteiger partial charge < -0.3 is 10.8 Å². The van der Waals surface area contributed by atoms with Gasteiger partial charge in [0.1, 0.15) is 0 Å². The van der Waals surface area contributed by atoms with Crippen molar-refractivity contribution >= 4 is 9.84 Å². The molecule has 0 aliphatic carbocycles. The largest absolute Gasteiger partial charge is 0.395 e. The summed E-state index contributed by atoms with van der Waals surface area (Å²) in [5.41, 5.74) is 5.26. The lowest BCUT2D eigenvalue weighted by Gasteiger charge is -2.21. The highest BCUT2D eigenvalue weighted by molar-refractivity contribution is 7.92. The summed E-state index contributed by atoms with van der Waals surface area (Å²) in [6.07, 6.45) is 0. The summed E-state index contributed by atoms with van der Waals surface area (Å²) in [5.74, 6) is -0.211. The van der Waals surface area contributed by atoms with Crippen LogP contribution < -0.4 is 5.73 Å². The lowest BCUT2D eigenvalue weighted by atomic mass is 10.2. The summed E-state index contributed by atoms with van der Waals surface area (Å²) >= 11 is 0. The summed E-state index contributed by atoms with van der Waals surface area (Å²) in [5, 5.41) is 8.44. The SMILES string of the molecule is CC(C)(CN)S(=O)(=O)CCO. The molecule has 68 valence electrons. The van der Waals surface area contributed by atoms with Crippen molar-refractivity contribution in [3.63, 3.8) is 0 Å². The predicted molar refractivity (Wildman–Crippen MR) is 44.0 cm³/mol. The first-order valence-electron chi connectivity index (χ1n) is 3.40. The molecule has 0 heterocycles. The second-order valence-corrected chi connectivity index (χ2v) is 5.75. The van der Waals surface area contributed by atoms with Crippen LogP contribution in [0.4, 0.5) is 0 Å². The summed E-state index contributed by atoms with van der Waals surface area (Å²) in [7, 11) is -3.23. The Hall–Kier alpha value is -0.130. The van der Waals surface area contributed by atoms with E-state index in [1.807, 2.05) is 0 Å². The summed E-state index contributed by atoms with van der Waals surface area (Å²) in [6, 6.07) is 0. The number of aliphatic hydroxyl groups is 1. The molecule has 0 fully saturated rings. The maximum atomic E-state index is 11.2. The van der Waals surface area contributed by atoms with Crippen LogP contribution in [0.5, 0.6) is 0 Å². The molecular weight excluding hydrogens is 166 g/mol. The molecular formula is C6H15NO3S. The Kier molecular flexibility index (Phi) is 3.47. The molecule has 0 radical (unpaired) electrons. The van der Waals surface area contributed by atoms with E-state index >= 15 is 0 Å². The van der Waals surface area contributed by atoms with Gasteiger partial charge in [-0.05, 0) is 13.8 Å². The normalized spacial score (nSPS) is 13.5. The number of sulfone groups is 1. The average Bonchev–Trinajstić information content (AvgIpc) is 1.87. The highest BCUT2D eigenvalue weighted by atomic mass is 32.2. The van der Waals surface area contributed by atoms with Crippen LogP contribution >= 0.6 is 0 Å². The molecule has 11 heavy (non-hydrogen) atoms. The smallest absolute Gasteiger partial charge is 0.158 e. The number of rotatable bonds is 4. The molecule has 0 rings (SSSR count). The van der Waals surface area contributed by atoms with Crippen LogP contribution in [0, 0.1) is 0 Å². The molecule has 0 saturated heterocycles. The molecule has 0 atom stereocenters. The maximum Gasteiger partial charge on any atom is 0.158 e. The van der Waals surface area contributed by atoms with Crippen molar-refractivity contribution in [1.29, 1.82) is 0 Å². The van der Waals surface area contributed by atoms with E-state index in [1.54, 1.807) is 13.8 Å². The van der Waals surface area contributed by atoms with Crippen molar-refractivity contribution in [2.24, 2.45) is 5.73 Å². The first-order chi connectivity index (χ1) is 4.87. The van der Waals surface area contributed by atoms with Gasteiger partial charge in [-0.2, -0.15) is 0 Å². The molecule has 3 N–H and O–H groups in total. The van der Waals surface area contributed by atoms with E-state index in [4.69, 9.17) is 10.8 Å². The minimum atomic E-state index is -3.23. The zero-order valence-corrected chi connectivity index (χ0v) is 7.69. The third kappa shape index (κ3) is 2.43. The Morgan fingerprint density at radius 1 is 1.45 bits per heavy atom. The standard InChI is InChI=1S/C6H15NO3S/c1-6(2,5-7)11(9,10)4-3-8/h8H,3-5,7H2,1-2H3. The molecule has 0 amide bonds. The van der Waals surface area contributed by atoms with Crippen molar-refractivity contribution in [1.82, 2.24) is 0 Å². The Morgan fingerprint density at radius 2 is 1.91 bits per heavy atom. The molecule has 0 aliphatic heterocycles. The molecule has 0 aromatic carbocycles. The zero-order valence-electron chi connectivity index (χ0n) is 6.87. The first-order valence-corrected chi connectivity index (χ1v) is 5.06. The van der Waals surface area contributed by atoms with Crippen molar-refractivity contribution < 1.29 is 13.5 Å². The Morgan fingerprint density at radius 3 is 2.18 bits per heavy atom. The van der Waals surface area contributed by atoms with Gasteiger partial charge in [0, 0.05) is 6.54 Å². The lowest BCUT2D eigenvalue weighted by Crippen LogP contribution is -2.41. The Balaban J connectivity index is 4.55. The molecule has 0 aliphatic rings. The van der Waals surface area contributed by atoms with Gasteiger partial charge in [0.05, 0.1) is 17.1 Å². The lowest BCUT2D eigenvalue weighted by molar-refractivity contribution is 0.318. The van der Waals surface area contributed by atoms with E-state index in [1.165, 1.54) is 0 Å². The summed E-state index contributed by atoms with van der Waals surface area (Å²) in [4.78, 5) is 0. The predicted octanol–water partition coefficient (Wildman–Crippen LogP) is -0.869. The van der Waals surface area contributed by atoms with Gasteiger partial charge in [0.2, 0.25) is 0 Å². The van der Waals surface area contributed by atoms with Crippen LogP contribution in [0.1, 0.15) is 13.8 Å². The molecule has 0 aromatic heterocycles. The highest BCUT2D eigenvalue weighted by Gasteiger charge is 2.31. The molecule has 0 unspecified atom stereocenters. The number of aliphatic hydroxyl groups excluding tert-OH is 1. The third-order valence-corrected chi connectivity index (χ3v) is 4.26. The first kappa shape index (κ1) is 10.9. The van der Waals surface area contributed by atoms with Crippen LogP contribution in [0.2, 0.25) is 0 Å². The highest BCUT2D eigenvalue weighted by Crippen LogP contribution is 2.14. The molecule has 0 aromatic rings. The quantitative estimate of drug-likeness (QED) is 0.591. The summed E-state index contributed by atoms with van der Waals surface area (Å²) in [6.45, 7) is 2.84. The molecule has 0 bridgehead atoms. The van der Waals surface area contributed by atoms with E-state index in [0.717, 1.165) is 0 Å². The van der Waals surface area contributed by atoms with Crippen molar-refractivity contribution in [2.75, 3.05) is 18.9 Å². The van der Waals surface area contributed by atoms with E-state index in [9.17, 15) is 8.42 Å². The molecule has 4 nitrogen and oxygen atoms in total. The van der Waals surface area contributed by atoms with Gasteiger partial charge >= 0.3 is 0 Å². The van der Waals surface area contributed by atoms with Gasteiger partial charge in [0.25, 0.3) is 0 Å². The van der Waals surface area contributed by atoms with Crippen LogP contribution in [0.25, 0.3) is 0 Å². The number of hydrogen-bond donors (Lipinski definition) is 2. The maximum absolute atomic E-state index is 11.2. The molecule has 0 spiro atoms. The van der Waals surface area contributed by atoms with Gasteiger partial charge in [-0.15, -0.1) is 0 Å². The van der Waals surface area contributed by atoms with E-state index < -0.39 is 14.6 Å². The van der Waals surface area contributed by atoms with Crippen LogP contribution in [0.3, 0.4) is 0 Å². The Labute approximate surface area is 67.3 Å². The van der Waals surface area contributed by atoms with Gasteiger partial charge in [-0.25, -0.2) is 8.42 Å².